The first kappa shape index (κ1) is 13.9. The molecular formula is C16H22N4O. The van der Waals surface area contributed by atoms with E-state index in [-0.39, 0.29) is 12.1 Å². The Labute approximate surface area is 124 Å². The van der Waals surface area contributed by atoms with Crippen molar-refractivity contribution in [3.05, 3.63) is 24.0 Å². The van der Waals surface area contributed by atoms with Gasteiger partial charge in [0.2, 0.25) is 0 Å². The van der Waals surface area contributed by atoms with Gasteiger partial charge in [-0.3, -0.25) is 0 Å². The molecule has 0 radical (unpaired) electrons. The van der Waals surface area contributed by atoms with Crippen molar-refractivity contribution >= 4 is 22.8 Å². The molecular weight excluding hydrogens is 264 g/mol. The van der Waals surface area contributed by atoms with Gasteiger partial charge in [0.25, 0.3) is 0 Å². The molecule has 2 amide bonds. The number of hydrogen-bond donors (Lipinski definition) is 3. The van der Waals surface area contributed by atoms with E-state index in [1.54, 1.807) is 0 Å². The molecule has 0 atom stereocenters. The Bertz CT molecular complexity index is 641. The Kier molecular flexibility index (Phi) is 3.82. The number of aromatic amines is 1. The maximum atomic E-state index is 11.7. The van der Waals surface area contributed by atoms with E-state index < -0.39 is 0 Å². The highest BCUT2D eigenvalue weighted by Crippen LogP contribution is 2.33. The Morgan fingerprint density at radius 1 is 1.33 bits per heavy atom. The van der Waals surface area contributed by atoms with Crippen molar-refractivity contribution in [2.24, 2.45) is 0 Å². The lowest BCUT2D eigenvalue weighted by atomic mass is 10.1. The highest BCUT2D eigenvalue weighted by molar-refractivity contribution is 5.92. The van der Waals surface area contributed by atoms with Crippen LogP contribution in [0, 0.1) is 0 Å². The second-order valence-corrected chi connectivity index (χ2v) is 6.09. The lowest BCUT2D eigenvalue weighted by molar-refractivity contribution is 0.250. The van der Waals surface area contributed by atoms with Crippen LogP contribution < -0.4 is 10.6 Å². The standard InChI is InChI=1S/C16H22N4O/c1-10(2)17-16(21)18-12-7-8-13-14(9-12)20-15(19-13)11-5-3-4-6-11/h7-11H,3-6H2,1-2H3,(H,19,20)(H2,17,18,21). The number of carbonyl (C=O) groups is 1. The molecule has 0 unspecified atom stereocenters. The summed E-state index contributed by atoms with van der Waals surface area (Å²) in [6.45, 7) is 3.87. The molecule has 1 aliphatic carbocycles. The number of hydrogen-bond acceptors (Lipinski definition) is 2. The zero-order chi connectivity index (χ0) is 14.8. The van der Waals surface area contributed by atoms with Crippen molar-refractivity contribution in [2.75, 3.05) is 5.32 Å². The van der Waals surface area contributed by atoms with E-state index in [2.05, 4.69) is 20.6 Å². The average molecular weight is 286 g/mol. The first-order valence-electron chi connectivity index (χ1n) is 7.69. The molecule has 1 aromatic carbocycles. The molecule has 1 aromatic heterocycles. The third-order valence-electron chi connectivity index (χ3n) is 3.92. The monoisotopic (exact) mass is 286 g/mol. The molecule has 0 saturated heterocycles. The Morgan fingerprint density at radius 3 is 2.81 bits per heavy atom. The van der Waals surface area contributed by atoms with Crippen LogP contribution in [0.25, 0.3) is 11.0 Å². The molecule has 2 aromatic rings. The second-order valence-electron chi connectivity index (χ2n) is 6.09. The number of rotatable bonds is 3. The Morgan fingerprint density at radius 2 is 2.10 bits per heavy atom. The van der Waals surface area contributed by atoms with Crippen molar-refractivity contribution in [3.63, 3.8) is 0 Å². The number of aromatic nitrogens is 2. The smallest absolute Gasteiger partial charge is 0.319 e. The van der Waals surface area contributed by atoms with Gasteiger partial charge in [-0.05, 0) is 44.9 Å². The number of anilines is 1. The van der Waals surface area contributed by atoms with Crippen molar-refractivity contribution in [2.45, 2.75) is 51.5 Å². The van der Waals surface area contributed by atoms with Gasteiger partial charge in [0.05, 0.1) is 11.0 Å². The number of fused-ring (bicyclic) bond motifs is 1. The molecule has 3 rings (SSSR count). The predicted octanol–water partition coefficient (Wildman–Crippen LogP) is 3.75. The SMILES string of the molecule is CC(C)NC(=O)Nc1ccc2nc(C3CCCC3)[nH]c2c1. The first-order chi connectivity index (χ1) is 10.1. The van der Waals surface area contributed by atoms with Gasteiger partial charge in [0, 0.05) is 17.6 Å². The van der Waals surface area contributed by atoms with Gasteiger partial charge >= 0.3 is 6.03 Å². The molecule has 1 saturated carbocycles. The van der Waals surface area contributed by atoms with Crippen LogP contribution in [-0.4, -0.2) is 22.0 Å². The average Bonchev–Trinajstić information content (AvgIpc) is 3.05. The maximum Gasteiger partial charge on any atom is 0.319 e. The fourth-order valence-corrected chi connectivity index (χ4v) is 2.93. The van der Waals surface area contributed by atoms with Crippen molar-refractivity contribution in [1.82, 2.24) is 15.3 Å². The normalized spacial score (nSPS) is 15.8. The molecule has 5 heteroatoms. The minimum Gasteiger partial charge on any atom is -0.342 e. The van der Waals surface area contributed by atoms with Crippen molar-refractivity contribution in [3.8, 4) is 0 Å². The topological polar surface area (TPSA) is 69.8 Å². The van der Waals surface area contributed by atoms with Gasteiger partial charge in [0.15, 0.2) is 0 Å². The minimum absolute atomic E-state index is 0.120. The Hall–Kier alpha value is -2.04. The predicted molar refractivity (Wildman–Crippen MR) is 84.6 cm³/mol. The van der Waals surface area contributed by atoms with Crippen LogP contribution in [0.15, 0.2) is 18.2 Å². The van der Waals surface area contributed by atoms with Crippen molar-refractivity contribution in [1.29, 1.82) is 0 Å². The number of imidazole rings is 1. The summed E-state index contributed by atoms with van der Waals surface area (Å²) in [7, 11) is 0. The summed E-state index contributed by atoms with van der Waals surface area (Å²) in [6, 6.07) is 5.73. The quantitative estimate of drug-likeness (QED) is 0.804. The molecule has 5 nitrogen and oxygen atoms in total. The Balaban J connectivity index is 1.78. The van der Waals surface area contributed by atoms with Crippen LogP contribution in [0.3, 0.4) is 0 Å². The zero-order valence-corrected chi connectivity index (χ0v) is 12.6. The molecule has 3 N–H and O–H groups in total. The van der Waals surface area contributed by atoms with Gasteiger partial charge in [-0.15, -0.1) is 0 Å². The highest BCUT2D eigenvalue weighted by Gasteiger charge is 2.20. The third kappa shape index (κ3) is 3.17. The molecule has 112 valence electrons. The number of nitrogens with zero attached hydrogens (tertiary/aromatic N) is 1. The van der Waals surface area contributed by atoms with Crippen LogP contribution in [-0.2, 0) is 0 Å². The molecule has 1 fully saturated rings. The van der Waals surface area contributed by atoms with E-state index >= 15 is 0 Å². The summed E-state index contributed by atoms with van der Waals surface area (Å²) in [5.74, 6) is 1.66. The molecule has 0 bridgehead atoms. The summed E-state index contributed by atoms with van der Waals surface area (Å²) in [5.41, 5.74) is 2.73. The lowest BCUT2D eigenvalue weighted by Crippen LogP contribution is -2.34. The van der Waals surface area contributed by atoms with Crippen LogP contribution >= 0.6 is 0 Å². The highest BCUT2D eigenvalue weighted by atomic mass is 16.2. The fraction of sp³-hybridized carbons (Fsp3) is 0.500. The number of nitrogens with one attached hydrogen (secondary N) is 3. The maximum absolute atomic E-state index is 11.7. The van der Waals surface area contributed by atoms with E-state index in [0.717, 1.165) is 22.5 Å². The third-order valence-corrected chi connectivity index (χ3v) is 3.92. The van der Waals surface area contributed by atoms with Crippen LogP contribution in [0.2, 0.25) is 0 Å². The summed E-state index contributed by atoms with van der Waals surface area (Å²) >= 11 is 0. The summed E-state index contributed by atoms with van der Waals surface area (Å²) in [4.78, 5) is 19.8. The van der Waals surface area contributed by atoms with E-state index in [1.165, 1.54) is 25.7 Å². The molecule has 1 aliphatic rings. The molecule has 0 aliphatic heterocycles. The summed E-state index contributed by atoms with van der Waals surface area (Å²) < 4.78 is 0. The van der Waals surface area contributed by atoms with E-state index in [9.17, 15) is 4.79 Å². The number of benzene rings is 1. The van der Waals surface area contributed by atoms with Gasteiger partial charge in [-0.1, -0.05) is 12.8 Å². The van der Waals surface area contributed by atoms with Crippen LogP contribution in [0.4, 0.5) is 10.5 Å². The minimum atomic E-state index is -0.181. The number of H-pyrrole nitrogens is 1. The molecule has 21 heavy (non-hydrogen) atoms. The largest absolute Gasteiger partial charge is 0.342 e. The number of amides is 2. The van der Waals surface area contributed by atoms with Gasteiger partial charge < -0.3 is 15.6 Å². The number of urea groups is 1. The van der Waals surface area contributed by atoms with Gasteiger partial charge in [-0.25, -0.2) is 9.78 Å². The summed E-state index contributed by atoms with van der Waals surface area (Å²) in [6.07, 6.45) is 5.04. The van der Waals surface area contributed by atoms with Gasteiger partial charge in [-0.2, -0.15) is 0 Å². The van der Waals surface area contributed by atoms with Crippen LogP contribution in [0.1, 0.15) is 51.3 Å². The molecule has 0 spiro atoms. The van der Waals surface area contributed by atoms with Crippen LogP contribution in [0.5, 0.6) is 0 Å². The van der Waals surface area contributed by atoms with Crippen molar-refractivity contribution < 1.29 is 4.79 Å². The lowest BCUT2D eigenvalue weighted by Gasteiger charge is -2.09. The molecule has 1 heterocycles. The van der Waals surface area contributed by atoms with Gasteiger partial charge in [0.1, 0.15) is 5.82 Å². The summed E-state index contributed by atoms with van der Waals surface area (Å²) in [5, 5.41) is 5.66. The second kappa shape index (κ2) is 5.76. The van der Waals surface area contributed by atoms with E-state index in [0.29, 0.717) is 5.92 Å². The zero-order valence-electron chi connectivity index (χ0n) is 12.6. The number of carbonyl (C=O) groups excluding carboxylic acids is 1. The van der Waals surface area contributed by atoms with E-state index in [1.807, 2.05) is 32.0 Å². The van der Waals surface area contributed by atoms with E-state index in [4.69, 9.17) is 0 Å². The first-order valence-corrected chi connectivity index (χ1v) is 7.69. The fourth-order valence-electron chi connectivity index (χ4n) is 2.93.